The molecule has 5 heteroatoms. The van der Waals surface area contributed by atoms with E-state index in [2.05, 4.69) is 33.4 Å². The molecule has 0 amide bonds. The number of dihydropyridines is 1. The maximum atomic E-state index is 13.7. The SMILES string of the molecule is CC1=C(C(=O)OCCc2ccccc2)[C@@H](c2ccccc2Br)C2=C(C[C@H](c3ccccc3)CC2=O)N1. The van der Waals surface area contributed by atoms with E-state index < -0.39 is 5.92 Å². The summed E-state index contributed by atoms with van der Waals surface area (Å²) in [6.07, 6.45) is 1.78. The van der Waals surface area contributed by atoms with Gasteiger partial charge in [-0.25, -0.2) is 4.79 Å². The zero-order valence-electron chi connectivity index (χ0n) is 20.2. The van der Waals surface area contributed by atoms with Crippen LogP contribution in [0.4, 0.5) is 0 Å². The second-order valence-electron chi connectivity index (χ2n) is 9.32. The smallest absolute Gasteiger partial charge is 0.336 e. The van der Waals surface area contributed by atoms with Crippen LogP contribution < -0.4 is 5.32 Å². The molecule has 1 heterocycles. The van der Waals surface area contributed by atoms with Gasteiger partial charge >= 0.3 is 5.97 Å². The average molecular weight is 542 g/mol. The van der Waals surface area contributed by atoms with Gasteiger partial charge in [-0.05, 0) is 42.0 Å². The number of carbonyl (C=O) groups is 2. The summed E-state index contributed by atoms with van der Waals surface area (Å²) in [6.45, 7) is 2.18. The van der Waals surface area contributed by atoms with Crippen molar-refractivity contribution in [1.29, 1.82) is 0 Å². The van der Waals surface area contributed by atoms with Crippen LogP contribution in [0.25, 0.3) is 0 Å². The molecule has 0 fully saturated rings. The van der Waals surface area contributed by atoms with Crippen LogP contribution in [0, 0.1) is 0 Å². The number of carbonyl (C=O) groups excluding carboxylic acids is 2. The Hall–Kier alpha value is -3.44. The van der Waals surface area contributed by atoms with Crippen LogP contribution in [0.3, 0.4) is 0 Å². The number of hydrogen-bond acceptors (Lipinski definition) is 4. The van der Waals surface area contributed by atoms with Crippen molar-refractivity contribution in [3.8, 4) is 0 Å². The number of halogens is 1. The van der Waals surface area contributed by atoms with Crippen molar-refractivity contribution in [3.63, 3.8) is 0 Å². The highest BCUT2D eigenvalue weighted by Gasteiger charge is 2.42. The molecule has 0 bridgehead atoms. The maximum absolute atomic E-state index is 13.7. The van der Waals surface area contributed by atoms with Gasteiger partial charge in [-0.1, -0.05) is 94.8 Å². The molecule has 0 radical (unpaired) electrons. The summed E-state index contributed by atoms with van der Waals surface area (Å²) >= 11 is 3.67. The fourth-order valence-electron chi connectivity index (χ4n) is 5.27. The van der Waals surface area contributed by atoms with E-state index in [1.807, 2.05) is 79.7 Å². The molecule has 182 valence electrons. The monoisotopic (exact) mass is 541 g/mol. The number of Topliss-reactive ketones (excluding diaryl/α,β-unsaturated/α-hetero) is 1. The van der Waals surface area contributed by atoms with E-state index in [9.17, 15) is 9.59 Å². The lowest BCUT2D eigenvalue weighted by atomic mass is 9.72. The topological polar surface area (TPSA) is 55.4 Å². The predicted octanol–water partition coefficient (Wildman–Crippen LogP) is 6.60. The molecule has 1 N–H and O–H groups in total. The Bertz CT molecular complexity index is 1340. The lowest BCUT2D eigenvalue weighted by molar-refractivity contribution is -0.139. The number of ketones is 1. The Labute approximate surface area is 220 Å². The van der Waals surface area contributed by atoms with Crippen molar-refractivity contribution in [2.45, 2.75) is 38.0 Å². The molecule has 0 spiro atoms. The highest BCUT2D eigenvalue weighted by atomic mass is 79.9. The first-order chi connectivity index (χ1) is 17.5. The minimum atomic E-state index is -0.481. The van der Waals surface area contributed by atoms with Crippen LogP contribution >= 0.6 is 15.9 Å². The van der Waals surface area contributed by atoms with E-state index in [4.69, 9.17) is 4.74 Å². The van der Waals surface area contributed by atoms with Crippen molar-refractivity contribution in [2.24, 2.45) is 0 Å². The third-order valence-corrected chi connectivity index (χ3v) is 7.72. The van der Waals surface area contributed by atoms with Gasteiger partial charge in [0.2, 0.25) is 0 Å². The molecule has 5 rings (SSSR count). The lowest BCUT2D eigenvalue weighted by Gasteiger charge is -2.37. The molecule has 2 atom stereocenters. The van der Waals surface area contributed by atoms with Crippen LogP contribution in [0.1, 0.15) is 48.3 Å². The first-order valence-corrected chi connectivity index (χ1v) is 13.1. The Morgan fingerprint density at radius 3 is 2.33 bits per heavy atom. The van der Waals surface area contributed by atoms with E-state index in [0.717, 1.165) is 39.0 Å². The van der Waals surface area contributed by atoms with Crippen molar-refractivity contribution in [1.82, 2.24) is 5.32 Å². The molecule has 0 unspecified atom stereocenters. The molecule has 4 nitrogen and oxygen atoms in total. The largest absolute Gasteiger partial charge is 0.462 e. The Morgan fingerprint density at radius 2 is 1.61 bits per heavy atom. The molecule has 3 aromatic carbocycles. The van der Waals surface area contributed by atoms with E-state index in [-0.39, 0.29) is 24.3 Å². The van der Waals surface area contributed by atoms with Crippen LogP contribution in [0.5, 0.6) is 0 Å². The van der Waals surface area contributed by atoms with Crippen molar-refractivity contribution in [2.75, 3.05) is 6.61 Å². The summed E-state index contributed by atoms with van der Waals surface area (Å²) in [5, 5.41) is 3.43. The zero-order chi connectivity index (χ0) is 25.1. The van der Waals surface area contributed by atoms with Crippen LogP contribution in [-0.2, 0) is 20.7 Å². The minimum absolute atomic E-state index is 0.0699. The van der Waals surface area contributed by atoms with Gasteiger partial charge in [-0.3, -0.25) is 4.79 Å². The Kier molecular flexibility index (Phi) is 7.19. The van der Waals surface area contributed by atoms with Crippen LogP contribution in [-0.4, -0.2) is 18.4 Å². The van der Waals surface area contributed by atoms with E-state index in [0.29, 0.717) is 24.0 Å². The highest BCUT2D eigenvalue weighted by Crippen LogP contribution is 2.47. The van der Waals surface area contributed by atoms with Gasteiger partial charge in [-0.15, -0.1) is 0 Å². The average Bonchev–Trinajstić information content (AvgIpc) is 2.89. The van der Waals surface area contributed by atoms with Crippen LogP contribution in [0.2, 0.25) is 0 Å². The Morgan fingerprint density at radius 1 is 0.944 bits per heavy atom. The summed E-state index contributed by atoms with van der Waals surface area (Å²) in [5.41, 5.74) is 5.98. The molecule has 2 aliphatic rings. The van der Waals surface area contributed by atoms with Gasteiger partial charge in [0.15, 0.2) is 5.78 Å². The quantitative estimate of drug-likeness (QED) is 0.357. The van der Waals surface area contributed by atoms with Crippen LogP contribution in [0.15, 0.2) is 112 Å². The molecule has 0 aromatic heterocycles. The van der Waals surface area contributed by atoms with Crippen molar-refractivity contribution >= 4 is 27.7 Å². The van der Waals surface area contributed by atoms with Gasteiger partial charge in [-0.2, -0.15) is 0 Å². The number of rotatable bonds is 6. The summed E-state index contributed by atoms with van der Waals surface area (Å²) in [4.78, 5) is 27.2. The number of hydrogen-bond donors (Lipinski definition) is 1. The molecule has 1 aliphatic carbocycles. The van der Waals surface area contributed by atoms with Gasteiger partial charge < -0.3 is 10.1 Å². The third kappa shape index (κ3) is 4.93. The third-order valence-electron chi connectivity index (χ3n) is 7.00. The maximum Gasteiger partial charge on any atom is 0.336 e. The number of benzene rings is 3. The fourth-order valence-corrected chi connectivity index (χ4v) is 5.79. The number of allylic oxidation sites excluding steroid dienone is 3. The molecular weight excluding hydrogens is 514 g/mol. The van der Waals surface area contributed by atoms with E-state index >= 15 is 0 Å². The van der Waals surface area contributed by atoms with Gasteiger partial charge in [0.05, 0.1) is 12.2 Å². The van der Waals surface area contributed by atoms with E-state index in [1.165, 1.54) is 0 Å². The molecular formula is C31H28BrNO3. The predicted molar refractivity (Wildman–Crippen MR) is 144 cm³/mol. The first-order valence-electron chi connectivity index (χ1n) is 12.3. The minimum Gasteiger partial charge on any atom is -0.462 e. The molecule has 1 aliphatic heterocycles. The van der Waals surface area contributed by atoms with Gasteiger partial charge in [0.1, 0.15) is 0 Å². The molecule has 0 saturated heterocycles. The molecule has 0 saturated carbocycles. The normalized spacial score (nSPS) is 19.6. The van der Waals surface area contributed by atoms with E-state index in [1.54, 1.807) is 0 Å². The number of esters is 1. The first kappa shape index (κ1) is 24.3. The standard InChI is InChI=1S/C31H28BrNO3/c1-20-28(31(35)36-17-16-21-10-4-2-5-11-21)29(24-14-8-9-15-25(24)32)30-26(33-20)18-23(19-27(30)34)22-12-6-3-7-13-22/h2-15,23,29,33H,16-19H2,1H3/t23-,29+/m0/s1. The Balaban J connectivity index is 1.47. The molecule has 36 heavy (non-hydrogen) atoms. The van der Waals surface area contributed by atoms with Crippen molar-refractivity contribution in [3.05, 3.63) is 129 Å². The second kappa shape index (κ2) is 10.7. The molecule has 3 aromatic rings. The summed E-state index contributed by atoms with van der Waals surface area (Å²) in [7, 11) is 0. The van der Waals surface area contributed by atoms with Gasteiger partial charge in [0, 0.05) is 40.2 Å². The van der Waals surface area contributed by atoms with Gasteiger partial charge in [0.25, 0.3) is 0 Å². The van der Waals surface area contributed by atoms with Crippen molar-refractivity contribution < 1.29 is 14.3 Å². The summed E-state index contributed by atoms with van der Waals surface area (Å²) < 4.78 is 6.63. The highest BCUT2D eigenvalue weighted by molar-refractivity contribution is 9.10. The lowest BCUT2D eigenvalue weighted by Crippen LogP contribution is -2.36. The second-order valence-corrected chi connectivity index (χ2v) is 10.2. The summed E-state index contributed by atoms with van der Waals surface area (Å²) in [6, 6.07) is 27.9. The summed E-state index contributed by atoms with van der Waals surface area (Å²) in [5.74, 6) is -0.691. The number of ether oxygens (including phenoxy) is 1. The number of nitrogens with one attached hydrogen (secondary N) is 1. The fraction of sp³-hybridized carbons (Fsp3) is 0.226. The zero-order valence-corrected chi connectivity index (χ0v) is 21.8.